The van der Waals surface area contributed by atoms with Gasteiger partial charge >= 0.3 is 11.7 Å². The number of carbonyl (C=O) groups is 1. The summed E-state index contributed by atoms with van der Waals surface area (Å²) in [5.41, 5.74) is 0.535. The SMILES string of the molecule is Cn1ccc(=O)n(Cc2ccccc2C=CC(=O)O)c1=O. The summed E-state index contributed by atoms with van der Waals surface area (Å²) in [6.45, 7) is 0.0898. The Morgan fingerprint density at radius 3 is 2.67 bits per heavy atom. The number of aliphatic carboxylic acids is 1. The molecule has 0 bridgehead atoms. The van der Waals surface area contributed by atoms with Crippen LogP contribution in [0.3, 0.4) is 0 Å². The number of aromatic nitrogens is 2. The van der Waals surface area contributed by atoms with Crippen LogP contribution in [0.25, 0.3) is 6.08 Å². The zero-order valence-corrected chi connectivity index (χ0v) is 11.4. The zero-order chi connectivity index (χ0) is 15.4. The number of aryl methyl sites for hydroxylation is 1. The molecule has 0 aliphatic rings. The molecule has 6 nitrogen and oxygen atoms in total. The van der Waals surface area contributed by atoms with Crippen LogP contribution in [0.1, 0.15) is 11.1 Å². The van der Waals surface area contributed by atoms with E-state index in [0.717, 1.165) is 10.6 Å². The van der Waals surface area contributed by atoms with Gasteiger partial charge in [0.05, 0.1) is 6.54 Å². The number of nitrogens with zero attached hydrogens (tertiary/aromatic N) is 2. The van der Waals surface area contributed by atoms with Gasteiger partial charge in [0.15, 0.2) is 0 Å². The van der Waals surface area contributed by atoms with Crippen LogP contribution in [0, 0.1) is 0 Å². The number of hydrogen-bond donors (Lipinski definition) is 1. The van der Waals surface area contributed by atoms with Gasteiger partial charge in [0, 0.05) is 25.4 Å². The molecule has 0 unspecified atom stereocenters. The largest absolute Gasteiger partial charge is 0.478 e. The average molecular weight is 286 g/mol. The first kappa shape index (κ1) is 14.5. The van der Waals surface area contributed by atoms with E-state index in [1.165, 1.54) is 22.9 Å². The third-order valence-electron chi connectivity index (χ3n) is 3.03. The molecule has 0 spiro atoms. The van der Waals surface area contributed by atoms with Crippen molar-refractivity contribution in [1.29, 1.82) is 0 Å². The summed E-state index contributed by atoms with van der Waals surface area (Å²) < 4.78 is 2.42. The van der Waals surface area contributed by atoms with Crippen molar-refractivity contribution in [2.75, 3.05) is 0 Å². The summed E-state index contributed by atoms with van der Waals surface area (Å²) in [6, 6.07) is 8.33. The van der Waals surface area contributed by atoms with E-state index >= 15 is 0 Å². The maximum atomic E-state index is 12.0. The van der Waals surface area contributed by atoms with E-state index in [4.69, 9.17) is 5.11 Å². The standard InChI is InChI=1S/C15H14N2O4/c1-16-9-8-13(18)17(15(16)21)10-12-5-3-2-4-11(12)6-7-14(19)20/h2-9H,10H2,1H3,(H,19,20). The van der Waals surface area contributed by atoms with Crippen molar-refractivity contribution in [1.82, 2.24) is 9.13 Å². The fourth-order valence-electron chi connectivity index (χ4n) is 1.93. The molecule has 1 aromatic carbocycles. The van der Waals surface area contributed by atoms with E-state index in [-0.39, 0.29) is 6.54 Å². The van der Waals surface area contributed by atoms with Crippen LogP contribution in [0.5, 0.6) is 0 Å². The van der Waals surface area contributed by atoms with Crippen LogP contribution in [0.15, 0.2) is 52.2 Å². The molecular weight excluding hydrogens is 272 g/mol. The summed E-state index contributed by atoms with van der Waals surface area (Å²) >= 11 is 0. The van der Waals surface area contributed by atoms with E-state index in [9.17, 15) is 14.4 Å². The molecule has 0 radical (unpaired) electrons. The monoisotopic (exact) mass is 286 g/mol. The van der Waals surface area contributed by atoms with Crippen LogP contribution in [-0.4, -0.2) is 20.2 Å². The Labute approximate surface area is 120 Å². The Morgan fingerprint density at radius 2 is 1.95 bits per heavy atom. The van der Waals surface area contributed by atoms with E-state index in [1.807, 2.05) is 0 Å². The van der Waals surface area contributed by atoms with Crippen molar-refractivity contribution < 1.29 is 9.90 Å². The van der Waals surface area contributed by atoms with Gasteiger partial charge in [0.1, 0.15) is 0 Å². The predicted octanol–water partition coefficient (Wildman–Crippen LogP) is 0.693. The minimum atomic E-state index is -1.06. The normalized spacial score (nSPS) is 10.9. The smallest absolute Gasteiger partial charge is 0.331 e. The van der Waals surface area contributed by atoms with Gasteiger partial charge in [-0.1, -0.05) is 24.3 Å². The minimum absolute atomic E-state index is 0.0898. The Kier molecular flexibility index (Phi) is 4.18. The Hall–Kier alpha value is -2.89. The number of rotatable bonds is 4. The van der Waals surface area contributed by atoms with Crippen LogP contribution in [-0.2, 0) is 18.4 Å². The quantitative estimate of drug-likeness (QED) is 0.839. The predicted molar refractivity (Wildman–Crippen MR) is 78.2 cm³/mol. The highest BCUT2D eigenvalue weighted by Gasteiger charge is 2.06. The molecular formula is C15H14N2O4. The maximum absolute atomic E-state index is 12.0. The molecule has 2 rings (SSSR count). The van der Waals surface area contributed by atoms with Crippen molar-refractivity contribution >= 4 is 12.0 Å². The lowest BCUT2D eigenvalue weighted by Gasteiger charge is -2.09. The highest BCUT2D eigenvalue weighted by atomic mass is 16.4. The van der Waals surface area contributed by atoms with Crippen LogP contribution < -0.4 is 11.2 Å². The second-order valence-electron chi connectivity index (χ2n) is 4.50. The first-order chi connectivity index (χ1) is 9.99. The molecule has 1 heterocycles. The topological polar surface area (TPSA) is 81.3 Å². The molecule has 1 aromatic heterocycles. The summed E-state index contributed by atoms with van der Waals surface area (Å²) in [5, 5.41) is 8.68. The first-order valence-corrected chi connectivity index (χ1v) is 6.24. The molecule has 0 saturated carbocycles. The number of benzene rings is 1. The summed E-state index contributed by atoms with van der Waals surface area (Å²) in [4.78, 5) is 34.4. The molecule has 0 atom stereocenters. The van der Waals surface area contributed by atoms with Gasteiger partial charge in [-0.15, -0.1) is 0 Å². The Balaban J connectivity index is 2.46. The van der Waals surface area contributed by atoms with Crippen molar-refractivity contribution in [3.8, 4) is 0 Å². The van der Waals surface area contributed by atoms with Crippen molar-refractivity contribution in [3.63, 3.8) is 0 Å². The second-order valence-corrected chi connectivity index (χ2v) is 4.50. The highest BCUT2D eigenvalue weighted by Crippen LogP contribution is 2.11. The lowest BCUT2D eigenvalue weighted by Crippen LogP contribution is -2.38. The van der Waals surface area contributed by atoms with Gasteiger partial charge in [-0.25, -0.2) is 9.59 Å². The minimum Gasteiger partial charge on any atom is -0.478 e. The fourth-order valence-corrected chi connectivity index (χ4v) is 1.93. The summed E-state index contributed by atoms with van der Waals surface area (Å²) in [7, 11) is 1.56. The molecule has 2 aromatic rings. The van der Waals surface area contributed by atoms with Crippen molar-refractivity contribution in [2.45, 2.75) is 6.54 Å². The van der Waals surface area contributed by atoms with Gasteiger partial charge < -0.3 is 9.67 Å². The van der Waals surface area contributed by atoms with Crippen molar-refractivity contribution in [2.24, 2.45) is 7.05 Å². The van der Waals surface area contributed by atoms with Crippen LogP contribution >= 0.6 is 0 Å². The fraction of sp³-hybridized carbons (Fsp3) is 0.133. The average Bonchev–Trinajstić information content (AvgIpc) is 2.46. The summed E-state index contributed by atoms with van der Waals surface area (Å²) in [5.74, 6) is -1.06. The number of carboxylic acid groups (broad SMARTS) is 1. The molecule has 6 heteroatoms. The van der Waals surface area contributed by atoms with E-state index in [0.29, 0.717) is 11.1 Å². The molecule has 0 aliphatic heterocycles. The first-order valence-electron chi connectivity index (χ1n) is 6.24. The highest BCUT2D eigenvalue weighted by molar-refractivity contribution is 5.85. The molecule has 21 heavy (non-hydrogen) atoms. The molecule has 0 aliphatic carbocycles. The Morgan fingerprint density at radius 1 is 1.24 bits per heavy atom. The van der Waals surface area contributed by atoms with Gasteiger partial charge in [-0.3, -0.25) is 9.36 Å². The third-order valence-corrected chi connectivity index (χ3v) is 3.03. The summed E-state index contributed by atoms with van der Waals surface area (Å²) in [6.07, 6.45) is 3.87. The number of carboxylic acids is 1. The van der Waals surface area contributed by atoms with Gasteiger partial charge in [-0.05, 0) is 17.2 Å². The van der Waals surface area contributed by atoms with Gasteiger partial charge in [-0.2, -0.15) is 0 Å². The van der Waals surface area contributed by atoms with Gasteiger partial charge in [0.25, 0.3) is 5.56 Å². The number of hydrogen-bond acceptors (Lipinski definition) is 3. The van der Waals surface area contributed by atoms with E-state index < -0.39 is 17.2 Å². The molecule has 0 saturated heterocycles. The molecule has 0 fully saturated rings. The molecule has 0 amide bonds. The maximum Gasteiger partial charge on any atom is 0.331 e. The second kappa shape index (κ2) is 6.04. The van der Waals surface area contributed by atoms with E-state index in [1.54, 1.807) is 31.3 Å². The van der Waals surface area contributed by atoms with Crippen LogP contribution in [0.2, 0.25) is 0 Å². The zero-order valence-electron chi connectivity index (χ0n) is 11.4. The molecule has 108 valence electrons. The lowest BCUT2D eigenvalue weighted by molar-refractivity contribution is -0.131. The third kappa shape index (κ3) is 3.36. The van der Waals surface area contributed by atoms with E-state index in [2.05, 4.69) is 0 Å². The lowest BCUT2D eigenvalue weighted by atomic mass is 10.1. The van der Waals surface area contributed by atoms with Gasteiger partial charge in [0.2, 0.25) is 0 Å². The van der Waals surface area contributed by atoms with Crippen molar-refractivity contribution in [3.05, 3.63) is 74.6 Å². The van der Waals surface area contributed by atoms with Crippen LogP contribution in [0.4, 0.5) is 0 Å². The molecule has 1 N–H and O–H groups in total. The Bertz CT molecular complexity index is 815.